The Hall–Kier alpha value is -1.09. The number of likely N-dealkylation sites (N-methyl/N-ethyl adjacent to an activating group) is 1. The normalized spacial score (nSPS) is 11.3. The molecular formula is C12H20N2O. The van der Waals surface area contributed by atoms with Crippen molar-refractivity contribution >= 4 is 0 Å². The maximum absolute atomic E-state index is 11.5. The Kier molecular flexibility index (Phi) is 4.09. The van der Waals surface area contributed by atoms with Gasteiger partial charge in [0, 0.05) is 24.8 Å². The molecule has 3 heteroatoms. The molecule has 0 aliphatic carbocycles. The molecule has 0 atom stereocenters. The molecular weight excluding hydrogens is 188 g/mol. The molecule has 0 amide bonds. The zero-order valence-corrected chi connectivity index (χ0v) is 10.0. The average molecular weight is 208 g/mol. The number of nitrogens with zero attached hydrogens (tertiary/aromatic N) is 2. The van der Waals surface area contributed by atoms with E-state index in [9.17, 15) is 4.79 Å². The average Bonchev–Trinajstić information content (AvgIpc) is 2.16. The van der Waals surface area contributed by atoms with E-state index in [4.69, 9.17) is 0 Å². The highest BCUT2D eigenvalue weighted by Crippen LogP contribution is 2.03. The maximum atomic E-state index is 11.5. The molecule has 1 aromatic heterocycles. The third-order valence-electron chi connectivity index (χ3n) is 2.40. The van der Waals surface area contributed by atoms with Gasteiger partial charge in [-0.3, -0.25) is 4.79 Å². The van der Waals surface area contributed by atoms with Crippen molar-refractivity contribution in [3.63, 3.8) is 0 Å². The molecule has 0 saturated heterocycles. The van der Waals surface area contributed by atoms with Crippen molar-refractivity contribution in [2.45, 2.75) is 26.3 Å². The summed E-state index contributed by atoms with van der Waals surface area (Å²) >= 11 is 0. The molecule has 0 bridgehead atoms. The van der Waals surface area contributed by atoms with Crippen LogP contribution in [0.4, 0.5) is 0 Å². The van der Waals surface area contributed by atoms with Gasteiger partial charge in [0.25, 0.3) is 5.56 Å². The summed E-state index contributed by atoms with van der Waals surface area (Å²) in [6.07, 6.45) is 2.95. The van der Waals surface area contributed by atoms with Crippen LogP contribution >= 0.6 is 0 Å². The van der Waals surface area contributed by atoms with E-state index in [-0.39, 0.29) is 11.6 Å². The van der Waals surface area contributed by atoms with Crippen LogP contribution in [0.2, 0.25) is 0 Å². The van der Waals surface area contributed by atoms with Gasteiger partial charge >= 0.3 is 0 Å². The number of aromatic nitrogens is 1. The summed E-state index contributed by atoms with van der Waals surface area (Å²) in [7, 11) is 4.11. The molecule has 0 aliphatic heterocycles. The Labute approximate surface area is 91.3 Å². The first-order valence-electron chi connectivity index (χ1n) is 5.36. The van der Waals surface area contributed by atoms with Crippen LogP contribution in [0.3, 0.4) is 0 Å². The molecule has 0 unspecified atom stereocenters. The van der Waals surface area contributed by atoms with Crippen LogP contribution in [-0.2, 0) is 6.42 Å². The molecule has 0 N–H and O–H groups in total. The number of hydrogen-bond acceptors (Lipinski definition) is 2. The van der Waals surface area contributed by atoms with Crippen molar-refractivity contribution in [3.8, 4) is 0 Å². The second-order valence-corrected chi connectivity index (χ2v) is 4.43. The predicted molar refractivity (Wildman–Crippen MR) is 63.3 cm³/mol. The van der Waals surface area contributed by atoms with Gasteiger partial charge in [-0.05, 0) is 39.9 Å². The molecule has 0 saturated carbocycles. The summed E-state index contributed by atoms with van der Waals surface area (Å²) in [5, 5.41) is 0. The fraction of sp³-hybridized carbons (Fsp3) is 0.583. The van der Waals surface area contributed by atoms with Crippen LogP contribution in [-0.4, -0.2) is 30.1 Å². The lowest BCUT2D eigenvalue weighted by atomic mass is 10.2. The lowest BCUT2D eigenvalue weighted by molar-refractivity contribution is 0.412. The molecule has 0 spiro atoms. The third kappa shape index (κ3) is 3.51. The topological polar surface area (TPSA) is 25.2 Å². The zero-order chi connectivity index (χ0) is 11.4. The van der Waals surface area contributed by atoms with Crippen LogP contribution in [0.25, 0.3) is 0 Å². The van der Waals surface area contributed by atoms with Gasteiger partial charge in [0.15, 0.2) is 0 Å². The first-order valence-corrected chi connectivity index (χ1v) is 5.36. The van der Waals surface area contributed by atoms with E-state index in [0.717, 1.165) is 13.0 Å². The Morgan fingerprint density at radius 3 is 2.53 bits per heavy atom. The Morgan fingerprint density at radius 1 is 1.33 bits per heavy atom. The molecule has 0 fully saturated rings. The highest BCUT2D eigenvalue weighted by atomic mass is 16.1. The van der Waals surface area contributed by atoms with Crippen LogP contribution in [0.15, 0.2) is 23.1 Å². The lowest BCUT2D eigenvalue weighted by Crippen LogP contribution is -2.22. The van der Waals surface area contributed by atoms with Gasteiger partial charge in [0.1, 0.15) is 0 Å². The highest BCUT2D eigenvalue weighted by Gasteiger charge is 2.02. The summed E-state index contributed by atoms with van der Waals surface area (Å²) < 4.78 is 1.78. The van der Waals surface area contributed by atoms with Crippen molar-refractivity contribution < 1.29 is 0 Å². The molecule has 0 aromatic carbocycles. The second-order valence-electron chi connectivity index (χ2n) is 4.43. The van der Waals surface area contributed by atoms with Gasteiger partial charge in [-0.25, -0.2) is 0 Å². The smallest absolute Gasteiger partial charge is 0.250 e. The van der Waals surface area contributed by atoms with Crippen molar-refractivity contribution in [3.05, 3.63) is 34.2 Å². The largest absolute Gasteiger partial charge is 0.313 e. The standard InChI is InChI=1S/C12H20N2O/c1-10(2)14-9-11(5-6-12(14)15)7-8-13(3)4/h5-6,9-10H,7-8H2,1-4H3. The summed E-state index contributed by atoms with van der Waals surface area (Å²) in [6, 6.07) is 3.81. The minimum atomic E-state index is 0.0820. The monoisotopic (exact) mass is 208 g/mol. The van der Waals surface area contributed by atoms with Crippen molar-refractivity contribution in [2.75, 3.05) is 20.6 Å². The summed E-state index contributed by atoms with van der Waals surface area (Å²) in [6.45, 7) is 5.06. The predicted octanol–water partition coefficient (Wildman–Crippen LogP) is 1.53. The molecule has 84 valence electrons. The molecule has 1 heterocycles. The first kappa shape index (κ1) is 12.0. The van der Waals surface area contributed by atoms with Crippen LogP contribution in [0.5, 0.6) is 0 Å². The lowest BCUT2D eigenvalue weighted by Gasteiger charge is -2.13. The summed E-state index contributed by atoms with van der Waals surface area (Å²) in [4.78, 5) is 13.6. The van der Waals surface area contributed by atoms with Gasteiger partial charge in [-0.2, -0.15) is 0 Å². The van der Waals surface area contributed by atoms with E-state index < -0.39 is 0 Å². The summed E-state index contributed by atoms with van der Waals surface area (Å²) in [5.41, 5.74) is 1.30. The summed E-state index contributed by atoms with van der Waals surface area (Å²) in [5.74, 6) is 0. The minimum absolute atomic E-state index is 0.0820. The van der Waals surface area contributed by atoms with Crippen LogP contribution in [0.1, 0.15) is 25.5 Å². The molecule has 1 rings (SSSR count). The van der Waals surface area contributed by atoms with E-state index in [1.165, 1.54) is 5.56 Å². The van der Waals surface area contributed by atoms with Gasteiger partial charge in [-0.1, -0.05) is 6.07 Å². The van der Waals surface area contributed by atoms with E-state index >= 15 is 0 Å². The van der Waals surface area contributed by atoms with Crippen molar-refractivity contribution in [2.24, 2.45) is 0 Å². The number of pyridine rings is 1. The maximum Gasteiger partial charge on any atom is 0.250 e. The van der Waals surface area contributed by atoms with Gasteiger partial charge in [0.05, 0.1) is 0 Å². The van der Waals surface area contributed by atoms with Crippen LogP contribution < -0.4 is 5.56 Å². The van der Waals surface area contributed by atoms with Gasteiger partial charge in [-0.15, -0.1) is 0 Å². The second kappa shape index (κ2) is 5.12. The van der Waals surface area contributed by atoms with Gasteiger partial charge < -0.3 is 9.47 Å². The molecule has 3 nitrogen and oxygen atoms in total. The zero-order valence-electron chi connectivity index (χ0n) is 10.0. The fourth-order valence-electron chi connectivity index (χ4n) is 1.45. The molecule has 15 heavy (non-hydrogen) atoms. The highest BCUT2D eigenvalue weighted by molar-refractivity contribution is 5.11. The SMILES string of the molecule is CC(C)n1cc(CCN(C)C)ccc1=O. The van der Waals surface area contributed by atoms with E-state index in [1.807, 2.05) is 26.1 Å². The number of rotatable bonds is 4. The molecule has 1 aromatic rings. The van der Waals surface area contributed by atoms with Crippen molar-refractivity contribution in [1.29, 1.82) is 0 Å². The Bertz CT molecular complexity index is 366. The van der Waals surface area contributed by atoms with Crippen LogP contribution in [0, 0.1) is 0 Å². The molecule has 0 radical (unpaired) electrons. The first-order chi connectivity index (χ1) is 7.00. The van der Waals surface area contributed by atoms with Gasteiger partial charge in [0.2, 0.25) is 0 Å². The molecule has 0 aliphatic rings. The third-order valence-corrected chi connectivity index (χ3v) is 2.40. The van der Waals surface area contributed by atoms with Crippen molar-refractivity contribution in [1.82, 2.24) is 9.47 Å². The van der Waals surface area contributed by atoms with E-state index in [1.54, 1.807) is 10.6 Å². The number of hydrogen-bond donors (Lipinski definition) is 0. The van der Waals surface area contributed by atoms with E-state index in [2.05, 4.69) is 19.0 Å². The quantitative estimate of drug-likeness (QED) is 0.750. The Balaban J connectivity index is 2.83. The Morgan fingerprint density at radius 2 is 2.00 bits per heavy atom. The van der Waals surface area contributed by atoms with E-state index in [0.29, 0.717) is 0 Å². The minimum Gasteiger partial charge on any atom is -0.313 e. The fourth-order valence-corrected chi connectivity index (χ4v) is 1.45.